The minimum absolute atomic E-state index is 0.212. The third-order valence-corrected chi connectivity index (χ3v) is 3.28. The van der Waals surface area contributed by atoms with Gasteiger partial charge in [0.25, 0.3) is 0 Å². The predicted molar refractivity (Wildman–Crippen MR) is 71.2 cm³/mol. The van der Waals surface area contributed by atoms with E-state index in [0.29, 0.717) is 19.7 Å². The largest absolute Gasteiger partial charge is 0.449 e. The van der Waals surface area contributed by atoms with E-state index in [0.717, 1.165) is 30.5 Å². The van der Waals surface area contributed by atoms with Gasteiger partial charge in [0.1, 0.15) is 0 Å². The van der Waals surface area contributed by atoms with Gasteiger partial charge in [-0.3, -0.25) is 0 Å². The Morgan fingerprint density at radius 3 is 3.11 bits per heavy atom. The van der Waals surface area contributed by atoms with Gasteiger partial charge >= 0.3 is 6.09 Å². The highest BCUT2D eigenvalue weighted by Gasteiger charge is 2.22. The minimum atomic E-state index is -0.212. The Morgan fingerprint density at radius 1 is 1.50 bits per heavy atom. The fraction of sp³-hybridized carbons (Fsp3) is 0.500. The van der Waals surface area contributed by atoms with E-state index in [1.165, 1.54) is 5.56 Å². The van der Waals surface area contributed by atoms with Crippen LogP contribution in [0.1, 0.15) is 30.9 Å². The number of fused-ring (bicyclic) bond motifs is 1. The molecule has 0 aliphatic carbocycles. The van der Waals surface area contributed by atoms with Gasteiger partial charge < -0.3 is 15.4 Å². The summed E-state index contributed by atoms with van der Waals surface area (Å²) in [6.07, 6.45) is 2.55. The lowest BCUT2D eigenvalue weighted by atomic mass is 9.98. The molecule has 1 amide bonds. The van der Waals surface area contributed by atoms with Gasteiger partial charge in [-0.15, -0.1) is 0 Å². The molecule has 0 saturated carbocycles. The molecule has 0 aromatic heterocycles. The Hall–Kier alpha value is -1.71. The zero-order chi connectivity index (χ0) is 13.0. The first-order chi connectivity index (χ1) is 8.72. The van der Waals surface area contributed by atoms with Gasteiger partial charge in [-0.2, -0.15) is 0 Å². The van der Waals surface area contributed by atoms with Crippen LogP contribution >= 0.6 is 0 Å². The van der Waals surface area contributed by atoms with Crippen molar-refractivity contribution in [3.63, 3.8) is 0 Å². The van der Waals surface area contributed by atoms with E-state index in [2.05, 4.69) is 6.92 Å². The van der Waals surface area contributed by atoms with Gasteiger partial charge in [0.15, 0.2) is 0 Å². The van der Waals surface area contributed by atoms with Gasteiger partial charge in [-0.25, -0.2) is 4.79 Å². The molecule has 1 aromatic rings. The molecular formula is C14H20N2O2. The average Bonchev–Trinajstić information content (AvgIpc) is 2.39. The molecule has 0 fully saturated rings. The molecule has 98 valence electrons. The Kier molecular flexibility index (Phi) is 4.07. The maximum atomic E-state index is 11.8. The molecule has 1 aliphatic rings. The van der Waals surface area contributed by atoms with Crippen LogP contribution in [0.15, 0.2) is 18.2 Å². The number of hydrogen-bond acceptors (Lipinski definition) is 3. The molecule has 0 atom stereocenters. The van der Waals surface area contributed by atoms with Crippen molar-refractivity contribution in [3.05, 3.63) is 29.3 Å². The summed E-state index contributed by atoms with van der Waals surface area (Å²) in [6, 6.07) is 5.87. The van der Waals surface area contributed by atoms with E-state index in [4.69, 9.17) is 10.5 Å². The van der Waals surface area contributed by atoms with E-state index in [-0.39, 0.29) is 6.09 Å². The van der Waals surface area contributed by atoms with Crippen molar-refractivity contribution in [2.75, 3.05) is 18.9 Å². The van der Waals surface area contributed by atoms with Gasteiger partial charge in [0.2, 0.25) is 0 Å². The van der Waals surface area contributed by atoms with E-state index < -0.39 is 0 Å². The van der Waals surface area contributed by atoms with Crippen LogP contribution in [0.25, 0.3) is 0 Å². The fourth-order valence-corrected chi connectivity index (χ4v) is 2.19. The third-order valence-electron chi connectivity index (χ3n) is 3.28. The van der Waals surface area contributed by atoms with Crippen LogP contribution in [0, 0.1) is 0 Å². The first kappa shape index (κ1) is 12.7. The minimum Gasteiger partial charge on any atom is -0.449 e. The van der Waals surface area contributed by atoms with E-state index in [9.17, 15) is 4.79 Å². The van der Waals surface area contributed by atoms with Crippen LogP contribution in [0.4, 0.5) is 10.5 Å². The third kappa shape index (κ3) is 2.75. The van der Waals surface area contributed by atoms with E-state index >= 15 is 0 Å². The number of rotatable bonds is 3. The number of amides is 1. The quantitative estimate of drug-likeness (QED) is 0.660. The highest BCUT2D eigenvalue weighted by molar-refractivity contribution is 5.68. The Balaban J connectivity index is 1.97. The molecule has 0 unspecified atom stereocenters. The predicted octanol–water partition coefficient (Wildman–Crippen LogP) is 2.56. The normalized spacial score (nSPS) is 14.2. The first-order valence-electron chi connectivity index (χ1n) is 6.50. The van der Waals surface area contributed by atoms with Crippen molar-refractivity contribution in [1.29, 1.82) is 0 Å². The number of carbonyl (C=O) groups is 1. The zero-order valence-corrected chi connectivity index (χ0v) is 10.8. The van der Waals surface area contributed by atoms with Crippen molar-refractivity contribution in [2.24, 2.45) is 0 Å². The second kappa shape index (κ2) is 5.76. The molecule has 0 radical (unpaired) electrons. The monoisotopic (exact) mass is 248 g/mol. The molecule has 0 bridgehead atoms. The molecule has 1 aliphatic heterocycles. The van der Waals surface area contributed by atoms with Crippen LogP contribution in [-0.4, -0.2) is 24.1 Å². The maximum absolute atomic E-state index is 11.8. The lowest BCUT2D eigenvalue weighted by molar-refractivity contribution is 0.0966. The number of nitrogens with zero attached hydrogens (tertiary/aromatic N) is 1. The standard InChI is InChI=1S/C14H20N2O2/c1-2-3-9-18-14(17)16-8-7-12-11(10-16)5-4-6-13(12)15/h4-6H,2-3,7-10,15H2,1H3. The number of nitrogen functional groups attached to an aromatic ring is 1. The van der Waals surface area contributed by atoms with E-state index in [1.807, 2.05) is 18.2 Å². The van der Waals surface area contributed by atoms with Crippen LogP contribution in [0.5, 0.6) is 0 Å². The number of carbonyl (C=O) groups excluding carboxylic acids is 1. The number of ether oxygens (including phenoxy) is 1. The van der Waals surface area contributed by atoms with Gasteiger partial charge in [0.05, 0.1) is 6.61 Å². The van der Waals surface area contributed by atoms with E-state index in [1.54, 1.807) is 4.90 Å². The number of nitrogens with two attached hydrogens (primary N) is 1. The van der Waals surface area contributed by atoms with Crippen LogP contribution in [0.2, 0.25) is 0 Å². The van der Waals surface area contributed by atoms with Crippen molar-refractivity contribution in [3.8, 4) is 0 Å². The average molecular weight is 248 g/mol. The van der Waals surface area contributed by atoms with Gasteiger partial charge in [-0.1, -0.05) is 25.5 Å². The van der Waals surface area contributed by atoms with Crippen molar-refractivity contribution in [2.45, 2.75) is 32.7 Å². The number of unbranched alkanes of at least 4 members (excludes halogenated alkanes) is 1. The summed E-state index contributed by atoms with van der Waals surface area (Å²) in [4.78, 5) is 13.6. The SMILES string of the molecule is CCCCOC(=O)N1CCc2c(N)cccc2C1. The summed E-state index contributed by atoms with van der Waals surface area (Å²) >= 11 is 0. The van der Waals surface area contributed by atoms with Crippen LogP contribution in [0.3, 0.4) is 0 Å². The van der Waals surface area contributed by atoms with Crippen molar-refractivity contribution < 1.29 is 9.53 Å². The van der Waals surface area contributed by atoms with Crippen molar-refractivity contribution >= 4 is 11.8 Å². The number of hydrogen-bond donors (Lipinski definition) is 1. The fourth-order valence-electron chi connectivity index (χ4n) is 2.19. The molecular weight excluding hydrogens is 228 g/mol. The summed E-state index contributed by atoms with van der Waals surface area (Å²) in [5.74, 6) is 0. The molecule has 2 rings (SSSR count). The van der Waals surface area contributed by atoms with Crippen LogP contribution in [-0.2, 0) is 17.7 Å². The summed E-state index contributed by atoms with van der Waals surface area (Å²) in [6.45, 7) is 3.88. The summed E-state index contributed by atoms with van der Waals surface area (Å²) in [7, 11) is 0. The number of benzene rings is 1. The topological polar surface area (TPSA) is 55.6 Å². The Bertz CT molecular complexity index is 432. The first-order valence-corrected chi connectivity index (χ1v) is 6.50. The molecule has 0 saturated heterocycles. The molecule has 2 N–H and O–H groups in total. The molecule has 1 aromatic carbocycles. The molecule has 4 nitrogen and oxygen atoms in total. The van der Waals surface area contributed by atoms with Gasteiger partial charge in [-0.05, 0) is 30.0 Å². The zero-order valence-electron chi connectivity index (χ0n) is 10.8. The molecule has 4 heteroatoms. The summed E-state index contributed by atoms with van der Waals surface area (Å²) in [5, 5.41) is 0. The smallest absolute Gasteiger partial charge is 0.410 e. The molecule has 18 heavy (non-hydrogen) atoms. The maximum Gasteiger partial charge on any atom is 0.410 e. The highest BCUT2D eigenvalue weighted by Crippen LogP contribution is 2.24. The van der Waals surface area contributed by atoms with Crippen molar-refractivity contribution in [1.82, 2.24) is 4.90 Å². The lowest BCUT2D eigenvalue weighted by Gasteiger charge is -2.28. The lowest BCUT2D eigenvalue weighted by Crippen LogP contribution is -2.36. The Labute approximate surface area is 108 Å². The Morgan fingerprint density at radius 2 is 2.33 bits per heavy atom. The molecule has 0 spiro atoms. The second-order valence-corrected chi connectivity index (χ2v) is 4.62. The second-order valence-electron chi connectivity index (χ2n) is 4.62. The number of anilines is 1. The van der Waals surface area contributed by atoms with Gasteiger partial charge in [0, 0.05) is 18.8 Å². The summed E-state index contributed by atoms with van der Waals surface area (Å²) < 4.78 is 5.22. The highest BCUT2D eigenvalue weighted by atomic mass is 16.6. The molecule has 1 heterocycles. The van der Waals surface area contributed by atoms with Crippen LogP contribution < -0.4 is 5.73 Å². The summed E-state index contributed by atoms with van der Waals surface area (Å²) in [5.41, 5.74) is 9.06.